The number of aryl methyl sites for hydroxylation is 2. The van der Waals surface area contributed by atoms with E-state index in [9.17, 15) is 13.2 Å². The van der Waals surface area contributed by atoms with Gasteiger partial charge in [0.2, 0.25) is 5.91 Å². The smallest absolute Gasteiger partial charge is 0.264 e. The zero-order chi connectivity index (χ0) is 24.2. The van der Waals surface area contributed by atoms with E-state index in [0.29, 0.717) is 16.5 Å². The second-order valence-corrected chi connectivity index (χ2v) is 10.1. The van der Waals surface area contributed by atoms with Gasteiger partial charge in [0, 0.05) is 5.02 Å². The Morgan fingerprint density at radius 3 is 2.24 bits per heavy atom. The van der Waals surface area contributed by atoms with Crippen LogP contribution in [-0.4, -0.2) is 28.0 Å². The Morgan fingerprint density at radius 2 is 1.67 bits per heavy atom. The zero-order valence-corrected chi connectivity index (χ0v) is 20.6. The van der Waals surface area contributed by atoms with E-state index in [-0.39, 0.29) is 17.5 Å². The minimum atomic E-state index is -4.03. The standard InChI is InChI=1S/C25H27ClN2O4S/c1-17-5-14-24(18(2)15-17)19(3)27-25(29)16-28(21-8-6-20(26)7-9-21)33(30,31)23-12-10-22(32-4)11-13-23/h5-15,19H,16H2,1-4H3,(H,27,29). The summed E-state index contributed by atoms with van der Waals surface area (Å²) < 4.78 is 33.1. The van der Waals surface area contributed by atoms with Gasteiger partial charge in [0.15, 0.2) is 0 Å². The lowest BCUT2D eigenvalue weighted by Gasteiger charge is -2.25. The van der Waals surface area contributed by atoms with Crippen LogP contribution in [0.5, 0.6) is 5.75 Å². The fourth-order valence-corrected chi connectivity index (χ4v) is 5.15. The van der Waals surface area contributed by atoms with E-state index in [4.69, 9.17) is 16.3 Å². The number of nitrogens with one attached hydrogen (secondary N) is 1. The molecule has 0 bridgehead atoms. The van der Waals surface area contributed by atoms with Crippen molar-refractivity contribution in [1.82, 2.24) is 5.32 Å². The van der Waals surface area contributed by atoms with Crippen LogP contribution in [0.3, 0.4) is 0 Å². The monoisotopic (exact) mass is 486 g/mol. The van der Waals surface area contributed by atoms with Crippen molar-refractivity contribution in [1.29, 1.82) is 0 Å². The van der Waals surface area contributed by atoms with E-state index in [1.54, 1.807) is 36.4 Å². The summed E-state index contributed by atoms with van der Waals surface area (Å²) in [6.07, 6.45) is 0. The number of amides is 1. The highest BCUT2D eigenvalue weighted by atomic mass is 35.5. The van der Waals surface area contributed by atoms with Gasteiger partial charge in [-0.1, -0.05) is 35.4 Å². The number of nitrogens with zero attached hydrogens (tertiary/aromatic N) is 1. The fourth-order valence-electron chi connectivity index (χ4n) is 3.60. The first kappa shape index (κ1) is 24.6. The number of benzene rings is 3. The Labute approximate surface area is 200 Å². The highest BCUT2D eigenvalue weighted by Gasteiger charge is 2.28. The third-order valence-electron chi connectivity index (χ3n) is 5.32. The largest absolute Gasteiger partial charge is 0.497 e. The molecule has 3 aromatic rings. The number of methoxy groups -OCH3 is 1. The van der Waals surface area contributed by atoms with E-state index in [0.717, 1.165) is 21.0 Å². The Hall–Kier alpha value is -3.03. The van der Waals surface area contributed by atoms with Crippen molar-refractivity contribution in [2.75, 3.05) is 18.0 Å². The lowest BCUT2D eigenvalue weighted by Crippen LogP contribution is -2.41. The van der Waals surface area contributed by atoms with Crippen molar-refractivity contribution in [3.63, 3.8) is 0 Å². The number of rotatable bonds is 8. The molecule has 1 unspecified atom stereocenters. The molecule has 1 amide bonds. The van der Waals surface area contributed by atoms with Gasteiger partial charge in [0.25, 0.3) is 10.0 Å². The molecular formula is C25H27ClN2O4S. The number of carbonyl (C=O) groups excluding carboxylic acids is 1. The first-order chi connectivity index (χ1) is 15.6. The molecule has 0 aliphatic carbocycles. The summed E-state index contributed by atoms with van der Waals surface area (Å²) in [6.45, 7) is 5.48. The van der Waals surface area contributed by atoms with Crippen LogP contribution in [0, 0.1) is 13.8 Å². The van der Waals surface area contributed by atoms with Gasteiger partial charge in [-0.2, -0.15) is 0 Å². The van der Waals surface area contributed by atoms with Crippen molar-refractivity contribution in [3.8, 4) is 5.75 Å². The number of halogens is 1. The van der Waals surface area contributed by atoms with E-state index in [1.165, 1.54) is 19.2 Å². The van der Waals surface area contributed by atoms with E-state index in [1.807, 2.05) is 39.0 Å². The van der Waals surface area contributed by atoms with Crippen LogP contribution in [-0.2, 0) is 14.8 Å². The number of anilines is 1. The minimum Gasteiger partial charge on any atom is -0.497 e. The molecule has 0 aliphatic heterocycles. The van der Waals surface area contributed by atoms with E-state index < -0.39 is 15.9 Å². The van der Waals surface area contributed by atoms with Crippen LogP contribution >= 0.6 is 11.6 Å². The predicted molar refractivity (Wildman–Crippen MR) is 131 cm³/mol. The average Bonchev–Trinajstić information content (AvgIpc) is 2.78. The summed E-state index contributed by atoms with van der Waals surface area (Å²) in [5.41, 5.74) is 3.51. The number of hydrogen-bond acceptors (Lipinski definition) is 4. The van der Waals surface area contributed by atoms with Crippen molar-refractivity contribution >= 4 is 33.2 Å². The molecule has 6 nitrogen and oxygen atoms in total. The first-order valence-electron chi connectivity index (χ1n) is 10.4. The number of hydrogen-bond donors (Lipinski definition) is 1. The summed E-state index contributed by atoms with van der Waals surface area (Å²) in [5.74, 6) is 0.113. The van der Waals surface area contributed by atoms with Crippen LogP contribution < -0.4 is 14.4 Å². The van der Waals surface area contributed by atoms with Gasteiger partial charge in [-0.3, -0.25) is 9.10 Å². The molecule has 8 heteroatoms. The van der Waals surface area contributed by atoms with Gasteiger partial charge in [0.1, 0.15) is 12.3 Å². The quantitative estimate of drug-likeness (QED) is 0.484. The lowest BCUT2D eigenvalue weighted by molar-refractivity contribution is -0.120. The maximum atomic E-state index is 13.5. The average molecular weight is 487 g/mol. The molecule has 0 aromatic heterocycles. The molecule has 1 atom stereocenters. The topological polar surface area (TPSA) is 75.7 Å². The molecule has 0 radical (unpaired) electrons. The van der Waals surface area contributed by atoms with Crippen molar-refractivity contribution in [3.05, 3.63) is 88.4 Å². The van der Waals surface area contributed by atoms with Gasteiger partial charge in [-0.05, 0) is 80.4 Å². The predicted octanol–water partition coefficient (Wildman–Crippen LogP) is 5.04. The van der Waals surface area contributed by atoms with Crippen LogP contribution in [0.1, 0.15) is 29.7 Å². The summed E-state index contributed by atoms with van der Waals surface area (Å²) >= 11 is 5.99. The van der Waals surface area contributed by atoms with E-state index >= 15 is 0 Å². The number of carbonyl (C=O) groups is 1. The van der Waals surface area contributed by atoms with Crippen LogP contribution in [0.4, 0.5) is 5.69 Å². The molecule has 0 saturated heterocycles. The van der Waals surface area contributed by atoms with Crippen molar-refractivity contribution in [2.24, 2.45) is 0 Å². The molecule has 3 aromatic carbocycles. The van der Waals surface area contributed by atoms with Gasteiger partial charge in [0.05, 0.1) is 23.7 Å². The molecule has 0 heterocycles. The minimum absolute atomic E-state index is 0.0495. The summed E-state index contributed by atoms with van der Waals surface area (Å²) in [4.78, 5) is 13.0. The molecule has 0 aliphatic rings. The second-order valence-electron chi connectivity index (χ2n) is 7.81. The Bertz CT molecular complexity index is 1230. The van der Waals surface area contributed by atoms with Gasteiger partial charge in [-0.25, -0.2) is 8.42 Å². The molecule has 0 fully saturated rings. The number of sulfonamides is 1. The molecular weight excluding hydrogens is 460 g/mol. The van der Waals surface area contributed by atoms with Crippen LogP contribution in [0.2, 0.25) is 5.02 Å². The molecule has 3 rings (SSSR count). The third-order valence-corrected chi connectivity index (χ3v) is 7.36. The summed E-state index contributed by atoms with van der Waals surface area (Å²) in [6, 6.07) is 18.1. The molecule has 0 spiro atoms. The van der Waals surface area contributed by atoms with Crippen molar-refractivity contribution in [2.45, 2.75) is 31.7 Å². The van der Waals surface area contributed by atoms with Gasteiger partial charge < -0.3 is 10.1 Å². The zero-order valence-electron chi connectivity index (χ0n) is 19.0. The Kier molecular flexibility index (Phi) is 7.66. The normalized spacial score (nSPS) is 12.2. The maximum absolute atomic E-state index is 13.5. The SMILES string of the molecule is COc1ccc(S(=O)(=O)N(CC(=O)NC(C)c2ccc(C)cc2C)c2ccc(Cl)cc2)cc1. The molecule has 1 N–H and O–H groups in total. The van der Waals surface area contributed by atoms with Crippen LogP contribution in [0.15, 0.2) is 71.6 Å². The molecule has 33 heavy (non-hydrogen) atoms. The fraction of sp³-hybridized carbons (Fsp3) is 0.240. The Balaban J connectivity index is 1.89. The Morgan fingerprint density at radius 1 is 1.03 bits per heavy atom. The van der Waals surface area contributed by atoms with Crippen LogP contribution in [0.25, 0.3) is 0 Å². The van der Waals surface area contributed by atoms with Gasteiger partial charge in [-0.15, -0.1) is 0 Å². The number of ether oxygens (including phenoxy) is 1. The van der Waals surface area contributed by atoms with E-state index in [2.05, 4.69) is 5.32 Å². The molecule has 0 saturated carbocycles. The highest BCUT2D eigenvalue weighted by Crippen LogP contribution is 2.27. The molecule has 174 valence electrons. The first-order valence-corrected chi connectivity index (χ1v) is 12.2. The van der Waals surface area contributed by atoms with Gasteiger partial charge >= 0.3 is 0 Å². The summed E-state index contributed by atoms with van der Waals surface area (Å²) in [5, 5.41) is 3.38. The highest BCUT2D eigenvalue weighted by molar-refractivity contribution is 7.92. The second kappa shape index (κ2) is 10.3. The third kappa shape index (κ3) is 5.86. The van der Waals surface area contributed by atoms with Crippen molar-refractivity contribution < 1.29 is 17.9 Å². The maximum Gasteiger partial charge on any atom is 0.264 e. The summed E-state index contributed by atoms with van der Waals surface area (Å²) in [7, 11) is -2.52. The lowest BCUT2D eigenvalue weighted by atomic mass is 10.0.